The van der Waals surface area contributed by atoms with Crippen LogP contribution >= 0.6 is 0 Å². The highest BCUT2D eigenvalue weighted by molar-refractivity contribution is 6.04. The monoisotopic (exact) mass is 311 g/mol. The predicted octanol–water partition coefficient (Wildman–Crippen LogP) is 3.53. The topological polar surface area (TPSA) is 85.1 Å². The number of non-ortho nitro benzene ring substituents is 1. The van der Waals surface area contributed by atoms with Gasteiger partial charge in [0.2, 0.25) is 0 Å². The number of rotatable bonds is 3. The zero-order valence-corrected chi connectivity index (χ0v) is 11.7. The van der Waals surface area contributed by atoms with Crippen molar-refractivity contribution in [1.82, 2.24) is 4.98 Å². The molecule has 23 heavy (non-hydrogen) atoms. The second-order valence-corrected chi connectivity index (χ2v) is 4.76. The number of nitrogens with zero attached hydrogens (tertiary/aromatic N) is 2. The second-order valence-electron chi connectivity index (χ2n) is 4.76. The number of hydrogen-bond donors (Lipinski definition) is 1. The van der Waals surface area contributed by atoms with E-state index in [2.05, 4.69) is 10.3 Å². The van der Waals surface area contributed by atoms with E-state index in [4.69, 9.17) is 0 Å². The van der Waals surface area contributed by atoms with Crippen molar-refractivity contribution in [3.05, 3.63) is 76.2 Å². The minimum absolute atomic E-state index is 0.0922. The summed E-state index contributed by atoms with van der Waals surface area (Å²) in [5.41, 5.74) is 0.140. The highest BCUT2D eigenvalue weighted by Crippen LogP contribution is 2.22. The van der Waals surface area contributed by atoms with Crippen molar-refractivity contribution in [2.75, 3.05) is 5.32 Å². The van der Waals surface area contributed by atoms with Crippen LogP contribution < -0.4 is 5.32 Å². The molecular formula is C16H10FN3O3. The lowest BCUT2D eigenvalue weighted by molar-refractivity contribution is -0.384. The van der Waals surface area contributed by atoms with Crippen LogP contribution in [0, 0.1) is 15.9 Å². The van der Waals surface area contributed by atoms with E-state index in [0.29, 0.717) is 5.52 Å². The van der Waals surface area contributed by atoms with Gasteiger partial charge in [-0.2, -0.15) is 0 Å². The fraction of sp³-hybridized carbons (Fsp3) is 0. The number of fused-ring (bicyclic) bond motifs is 1. The molecule has 2 aromatic carbocycles. The largest absolute Gasteiger partial charge is 0.318 e. The number of carbonyl (C=O) groups is 1. The SMILES string of the molecule is O=C(Nc1cc([N+](=O)[O-])ccc1F)c1ccc2ccccc2n1. The minimum atomic E-state index is -0.760. The molecule has 7 heteroatoms. The van der Waals surface area contributed by atoms with Gasteiger partial charge in [-0.3, -0.25) is 14.9 Å². The van der Waals surface area contributed by atoms with Crippen molar-refractivity contribution in [2.45, 2.75) is 0 Å². The number of aromatic nitrogens is 1. The van der Waals surface area contributed by atoms with Crippen LogP contribution in [0.25, 0.3) is 10.9 Å². The zero-order valence-electron chi connectivity index (χ0n) is 11.7. The fourth-order valence-corrected chi connectivity index (χ4v) is 2.10. The van der Waals surface area contributed by atoms with Gasteiger partial charge < -0.3 is 5.32 Å². The average molecular weight is 311 g/mol. The zero-order chi connectivity index (χ0) is 16.4. The quantitative estimate of drug-likeness (QED) is 0.592. The van der Waals surface area contributed by atoms with Crippen LogP contribution in [0.4, 0.5) is 15.8 Å². The van der Waals surface area contributed by atoms with Crippen molar-refractivity contribution in [1.29, 1.82) is 0 Å². The number of para-hydroxylation sites is 1. The summed E-state index contributed by atoms with van der Waals surface area (Å²) in [5, 5.41) is 13.9. The average Bonchev–Trinajstić information content (AvgIpc) is 2.56. The first-order chi connectivity index (χ1) is 11.0. The number of carbonyl (C=O) groups excluding carboxylic acids is 1. The molecule has 114 valence electrons. The third kappa shape index (κ3) is 2.98. The Morgan fingerprint density at radius 1 is 1.13 bits per heavy atom. The molecule has 0 aliphatic rings. The van der Waals surface area contributed by atoms with E-state index in [1.807, 2.05) is 12.1 Å². The molecule has 0 aliphatic carbocycles. The van der Waals surface area contributed by atoms with Gasteiger partial charge in [0.15, 0.2) is 0 Å². The van der Waals surface area contributed by atoms with Crippen LogP contribution in [0.2, 0.25) is 0 Å². The number of pyridine rings is 1. The maximum absolute atomic E-state index is 13.7. The lowest BCUT2D eigenvalue weighted by Crippen LogP contribution is -2.14. The molecule has 1 amide bonds. The molecule has 1 N–H and O–H groups in total. The molecule has 0 aliphatic heterocycles. The number of hydrogen-bond acceptors (Lipinski definition) is 4. The smallest absolute Gasteiger partial charge is 0.274 e. The van der Waals surface area contributed by atoms with E-state index < -0.39 is 16.6 Å². The normalized spacial score (nSPS) is 10.5. The lowest BCUT2D eigenvalue weighted by atomic mass is 10.2. The Kier molecular flexibility index (Phi) is 3.68. The predicted molar refractivity (Wildman–Crippen MR) is 82.8 cm³/mol. The van der Waals surface area contributed by atoms with Gasteiger partial charge in [-0.05, 0) is 18.2 Å². The third-order valence-electron chi connectivity index (χ3n) is 3.24. The molecule has 1 heterocycles. The Labute approximate surface area is 129 Å². The van der Waals surface area contributed by atoms with Crippen LogP contribution in [-0.2, 0) is 0 Å². The van der Waals surface area contributed by atoms with E-state index in [-0.39, 0.29) is 17.1 Å². The standard InChI is InChI=1S/C16H10FN3O3/c17-12-7-6-11(20(22)23)9-15(12)19-16(21)14-8-5-10-3-1-2-4-13(10)18-14/h1-9H,(H,19,21). The molecule has 0 radical (unpaired) electrons. The molecule has 6 nitrogen and oxygen atoms in total. The number of nitro groups is 1. The van der Waals surface area contributed by atoms with Gasteiger partial charge in [0.1, 0.15) is 11.5 Å². The summed E-state index contributed by atoms with van der Waals surface area (Å²) in [6.45, 7) is 0. The molecule has 0 saturated carbocycles. The summed E-state index contributed by atoms with van der Waals surface area (Å²) in [4.78, 5) is 26.4. The number of nitro benzene ring substituents is 1. The van der Waals surface area contributed by atoms with E-state index in [9.17, 15) is 19.3 Å². The number of halogens is 1. The highest BCUT2D eigenvalue weighted by atomic mass is 19.1. The van der Waals surface area contributed by atoms with E-state index in [1.165, 1.54) is 6.07 Å². The van der Waals surface area contributed by atoms with E-state index in [0.717, 1.165) is 23.6 Å². The van der Waals surface area contributed by atoms with Crippen molar-refractivity contribution in [3.8, 4) is 0 Å². The summed E-state index contributed by atoms with van der Waals surface area (Å²) in [5.74, 6) is -1.40. The first-order valence-electron chi connectivity index (χ1n) is 6.66. The Morgan fingerprint density at radius 2 is 1.91 bits per heavy atom. The second kappa shape index (κ2) is 5.80. The van der Waals surface area contributed by atoms with Crippen LogP contribution in [0.3, 0.4) is 0 Å². The van der Waals surface area contributed by atoms with Crippen LogP contribution in [0.5, 0.6) is 0 Å². The maximum Gasteiger partial charge on any atom is 0.274 e. The highest BCUT2D eigenvalue weighted by Gasteiger charge is 2.15. The summed E-state index contributed by atoms with van der Waals surface area (Å²) < 4.78 is 13.7. The van der Waals surface area contributed by atoms with Gasteiger partial charge in [0, 0.05) is 17.5 Å². The number of benzene rings is 2. The Balaban J connectivity index is 1.91. The van der Waals surface area contributed by atoms with Crippen molar-refractivity contribution in [3.63, 3.8) is 0 Å². The Morgan fingerprint density at radius 3 is 2.70 bits per heavy atom. The van der Waals surface area contributed by atoms with Crippen molar-refractivity contribution < 1.29 is 14.1 Å². The summed E-state index contributed by atoms with van der Waals surface area (Å²) in [6, 6.07) is 13.4. The number of anilines is 1. The van der Waals surface area contributed by atoms with Crippen LogP contribution in [0.15, 0.2) is 54.6 Å². The maximum atomic E-state index is 13.7. The van der Waals surface area contributed by atoms with Crippen LogP contribution in [-0.4, -0.2) is 15.8 Å². The van der Waals surface area contributed by atoms with Gasteiger partial charge in [0.05, 0.1) is 16.1 Å². The first kappa shape index (κ1) is 14.6. The van der Waals surface area contributed by atoms with Crippen molar-refractivity contribution >= 4 is 28.2 Å². The third-order valence-corrected chi connectivity index (χ3v) is 3.24. The van der Waals surface area contributed by atoms with Gasteiger partial charge in [-0.25, -0.2) is 9.37 Å². The molecule has 0 saturated heterocycles. The summed E-state index contributed by atoms with van der Waals surface area (Å²) in [7, 11) is 0. The van der Waals surface area contributed by atoms with Crippen LogP contribution in [0.1, 0.15) is 10.5 Å². The molecule has 1 aromatic heterocycles. The summed E-state index contributed by atoms with van der Waals surface area (Å²) >= 11 is 0. The fourth-order valence-electron chi connectivity index (χ4n) is 2.10. The molecule has 0 unspecified atom stereocenters. The molecule has 3 aromatic rings. The molecule has 0 atom stereocenters. The van der Waals surface area contributed by atoms with Gasteiger partial charge in [-0.1, -0.05) is 24.3 Å². The number of amides is 1. The number of nitrogens with one attached hydrogen (secondary N) is 1. The van der Waals surface area contributed by atoms with Crippen molar-refractivity contribution in [2.24, 2.45) is 0 Å². The van der Waals surface area contributed by atoms with Gasteiger partial charge in [0.25, 0.3) is 11.6 Å². The lowest BCUT2D eigenvalue weighted by Gasteiger charge is -2.06. The van der Waals surface area contributed by atoms with E-state index in [1.54, 1.807) is 18.2 Å². The molecule has 0 bridgehead atoms. The van der Waals surface area contributed by atoms with Gasteiger partial charge >= 0.3 is 0 Å². The molecule has 0 fully saturated rings. The molecular weight excluding hydrogens is 301 g/mol. The molecule has 0 spiro atoms. The summed E-state index contributed by atoms with van der Waals surface area (Å²) in [6.07, 6.45) is 0. The van der Waals surface area contributed by atoms with Gasteiger partial charge in [-0.15, -0.1) is 0 Å². The molecule has 3 rings (SSSR count). The Bertz CT molecular complexity index is 927. The van der Waals surface area contributed by atoms with E-state index >= 15 is 0 Å². The Hall–Kier alpha value is -3.35. The first-order valence-corrected chi connectivity index (χ1v) is 6.66. The minimum Gasteiger partial charge on any atom is -0.318 e.